The summed E-state index contributed by atoms with van der Waals surface area (Å²) in [6, 6.07) is -0.455. The van der Waals surface area contributed by atoms with Crippen LogP contribution in [0.1, 0.15) is 40.5 Å². The van der Waals surface area contributed by atoms with Gasteiger partial charge in [0.15, 0.2) is 0 Å². The molecule has 0 bridgehead atoms. The average Bonchev–Trinajstić information content (AvgIpc) is 2.14. The molecule has 0 aliphatic heterocycles. The Labute approximate surface area is 110 Å². The van der Waals surface area contributed by atoms with Crippen molar-refractivity contribution in [1.29, 1.82) is 0 Å². The second-order valence-electron chi connectivity index (χ2n) is 5.46. The number of amides is 1. The zero-order valence-electron chi connectivity index (χ0n) is 11.8. The summed E-state index contributed by atoms with van der Waals surface area (Å²) in [7, 11) is 0. The van der Waals surface area contributed by atoms with E-state index >= 15 is 0 Å². The normalized spacial score (nSPS) is 13.6. The molecule has 0 heterocycles. The van der Waals surface area contributed by atoms with Crippen molar-refractivity contribution in [2.45, 2.75) is 57.8 Å². The molecule has 4 nitrogen and oxygen atoms in total. The summed E-state index contributed by atoms with van der Waals surface area (Å²) < 4.78 is 5.15. The average molecular weight is 255 g/mol. The third-order valence-electron chi connectivity index (χ3n) is 2.53. The van der Waals surface area contributed by atoms with Crippen LogP contribution in [0.5, 0.6) is 0 Å². The molecule has 18 heavy (non-hydrogen) atoms. The number of aliphatic hydroxyl groups is 1. The minimum Gasteiger partial charge on any atom is -0.444 e. The summed E-state index contributed by atoms with van der Waals surface area (Å²) >= 11 is 0. The van der Waals surface area contributed by atoms with Crippen LogP contribution in [0, 0.1) is 0 Å². The van der Waals surface area contributed by atoms with Gasteiger partial charge in [0.25, 0.3) is 0 Å². The molecule has 0 aromatic rings. The summed E-state index contributed by atoms with van der Waals surface area (Å²) in [6.45, 7) is 14.3. The van der Waals surface area contributed by atoms with E-state index in [0.29, 0.717) is 12.8 Å². The predicted molar refractivity (Wildman–Crippen MR) is 73.4 cm³/mol. The van der Waals surface area contributed by atoms with E-state index in [1.54, 1.807) is 39.8 Å². The van der Waals surface area contributed by atoms with Gasteiger partial charge in [-0.15, -0.1) is 13.2 Å². The van der Waals surface area contributed by atoms with Gasteiger partial charge in [-0.05, 0) is 40.5 Å². The Balaban J connectivity index is 4.60. The second-order valence-corrected chi connectivity index (χ2v) is 5.46. The Morgan fingerprint density at radius 1 is 1.33 bits per heavy atom. The van der Waals surface area contributed by atoms with E-state index in [9.17, 15) is 9.90 Å². The fraction of sp³-hybridized carbons (Fsp3) is 0.643. The lowest BCUT2D eigenvalue weighted by Crippen LogP contribution is -2.51. The molecular formula is C14H25NO3. The van der Waals surface area contributed by atoms with Crippen molar-refractivity contribution in [3.63, 3.8) is 0 Å². The number of ether oxygens (including phenoxy) is 1. The minimum absolute atomic E-state index is 0.371. The van der Waals surface area contributed by atoms with E-state index in [1.807, 2.05) is 0 Å². The third-order valence-corrected chi connectivity index (χ3v) is 2.53. The maximum Gasteiger partial charge on any atom is 0.407 e. The quantitative estimate of drug-likeness (QED) is 0.717. The first-order chi connectivity index (χ1) is 8.14. The first kappa shape index (κ1) is 16.7. The van der Waals surface area contributed by atoms with Crippen molar-refractivity contribution >= 4 is 6.09 Å². The van der Waals surface area contributed by atoms with Crippen molar-refractivity contribution in [1.82, 2.24) is 5.32 Å². The molecule has 0 aliphatic carbocycles. The van der Waals surface area contributed by atoms with Gasteiger partial charge in [0.05, 0.1) is 11.6 Å². The second kappa shape index (κ2) is 6.59. The van der Waals surface area contributed by atoms with Crippen molar-refractivity contribution in [2.75, 3.05) is 0 Å². The summed E-state index contributed by atoms with van der Waals surface area (Å²) in [4.78, 5) is 11.6. The molecule has 0 radical (unpaired) electrons. The number of hydrogen-bond acceptors (Lipinski definition) is 3. The zero-order valence-corrected chi connectivity index (χ0v) is 11.8. The Kier molecular flexibility index (Phi) is 6.12. The molecule has 0 spiro atoms. The highest BCUT2D eigenvalue weighted by Gasteiger charge is 2.33. The van der Waals surface area contributed by atoms with Crippen molar-refractivity contribution in [3.05, 3.63) is 25.3 Å². The highest BCUT2D eigenvalue weighted by molar-refractivity contribution is 5.68. The smallest absolute Gasteiger partial charge is 0.407 e. The van der Waals surface area contributed by atoms with Gasteiger partial charge in [-0.2, -0.15) is 0 Å². The molecule has 1 amide bonds. The largest absolute Gasteiger partial charge is 0.444 e. The molecule has 1 atom stereocenters. The number of carbonyl (C=O) groups is 1. The number of nitrogens with one attached hydrogen (secondary N) is 1. The van der Waals surface area contributed by atoms with Gasteiger partial charge >= 0.3 is 6.09 Å². The van der Waals surface area contributed by atoms with Crippen LogP contribution in [0.4, 0.5) is 4.79 Å². The molecule has 0 fully saturated rings. The van der Waals surface area contributed by atoms with Crippen molar-refractivity contribution in [3.8, 4) is 0 Å². The van der Waals surface area contributed by atoms with Crippen molar-refractivity contribution in [2.24, 2.45) is 0 Å². The molecule has 0 aliphatic rings. The minimum atomic E-state index is -1.08. The highest BCUT2D eigenvalue weighted by atomic mass is 16.6. The molecule has 4 heteroatoms. The van der Waals surface area contributed by atoms with Crippen LogP contribution in [0.2, 0.25) is 0 Å². The lowest BCUT2D eigenvalue weighted by atomic mass is 9.88. The summed E-state index contributed by atoms with van der Waals surface area (Å²) in [5, 5.41) is 13.1. The maximum absolute atomic E-state index is 11.6. The predicted octanol–water partition coefficient (Wildman–Crippen LogP) is 2.78. The zero-order chi connectivity index (χ0) is 14.4. The number of carbonyl (C=O) groups excluding carboxylic acids is 1. The molecule has 0 aromatic heterocycles. The monoisotopic (exact) mass is 255 g/mol. The fourth-order valence-electron chi connectivity index (χ4n) is 1.56. The van der Waals surface area contributed by atoms with Crippen LogP contribution in [0.3, 0.4) is 0 Å². The van der Waals surface area contributed by atoms with E-state index in [-0.39, 0.29) is 0 Å². The molecule has 0 saturated heterocycles. The Morgan fingerprint density at radius 2 is 1.78 bits per heavy atom. The van der Waals surface area contributed by atoms with Gasteiger partial charge in [-0.25, -0.2) is 4.79 Å². The van der Waals surface area contributed by atoms with E-state index < -0.39 is 23.3 Å². The molecule has 104 valence electrons. The standard InChI is InChI=1S/C14H25NO3/c1-7-9-14(17,10-8-2)11(3)15-12(16)18-13(4,5)6/h7-8,11,17H,1-2,9-10H2,3-6H3,(H,15,16)/t11-/m0/s1. The van der Waals surface area contributed by atoms with Crippen LogP contribution in [-0.4, -0.2) is 28.4 Å². The van der Waals surface area contributed by atoms with E-state index in [2.05, 4.69) is 18.5 Å². The molecule has 0 saturated carbocycles. The summed E-state index contributed by atoms with van der Waals surface area (Å²) in [5.41, 5.74) is -1.64. The Hall–Kier alpha value is -1.29. The number of alkyl carbamates (subject to hydrolysis) is 1. The van der Waals surface area contributed by atoms with Gasteiger partial charge in [0, 0.05) is 0 Å². The number of rotatable bonds is 6. The SMILES string of the molecule is C=CCC(O)(CC=C)[C@H](C)NC(=O)OC(C)(C)C. The van der Waals surface area contributed by atoms with Crippen molar-refractivity contribution < 1.29 is 14.6 Å². The van der Waals surface area contributed by atoms with Crippen LogP contribution < -0.4 is 5.32 Å². The van der Waals surface area contributed by atoms with Crippen LogP contribution in [0.25, 0.3) is 0 Å². The molecule has 0 aromatic carbocycles. The fourth-order valence-corrected chi connectivity index (χ4v) is 1.56. The Bertz CT molecular complexity index is 295. The Morgan fingerprint density at radius 3 is 2.11 bits per heavy atom. The maximum atomic E-state index is 11.6. The summed E-state index contributed by atoms with van der Waals surface area (Å²) in [5.74, 6) is 0. The molecule has 2 N–H and O–H groups in total. The van der Waals surface area contributed by atoms with E-state index in [1.165, 1.54) is 0 Å². The van der Waals surface area contributed by atoms with Crippen LogP contribution >= 0.6 is 0 Å². The van der Waals surface area contributed by atoms with Gasteiger partial charge < -0.3 is 15.2 Å². The third kappa shape index (κ3) is 5.87. The van der Waals surface area contributed by atoms with Gasteiger partial charge in [0.1, 0.15) is 5.60 Å². The highest BCUT2D eigenvalue weighted by Crippen LogP contribution is 2.21. The molecule has 0 unspecified atom stereocenters. The van der Waals surface area contributed by atoms with E-state index in [0.717, 1.165) is 0 Å². The number of hydrogen-bond donors (Lipinski definition) is 2. The topological polar surface area (TPSA) is 58.6 Å². The molecular weight excluding hydrogens is 230 g/mol. The van der Waals surface area contributed by atoms with Crippen LogP contribution in [-0.2, 0) is 4.74 Å². The first-order valence-electron chi connectivity index (χ1n) is 6.08. The molecule has 0 rings (SSSR count). The first-order valence-corrected chi connectivity index (χ1v) is 6.08. The van der Waals surface area contributed by atoms with Crippen LogP contribution in [0.15, 0.2) is 25.3 Å². The van der Waals surface area contributed by atoms with E-state index in [4.69, 9.17) is 4.74 Å². The van der Waals surface area contributed by atoms with Gasteiger partial charge in [-0.1, -0.05) is 12.2 Å². The lowest BCUT2D eigenvalue weighted by Gasteiger charge is -2.33. The summed E-state index contributed by atoms with van der Waals surface area (Å²) in [6.07, 6.45) is 3.45. The lowest BCUT2D eigenvalue weighted by molar-refractivity contribution is 0.00167. The van der Waals surface area contributed by atoms with Gasteiger partial charge in [0.2, 0.25) is 0 Å². The van der Waals surface area contributed by atoms with Gasteiger partial charge in [-0.3, -0.25) is 0 Å².